The average molecular weight is 189 g/mol. The van der Waals surface area contributed by atoms with Crippen LogP contribution >= 0.6 is 0 Å². The lowest BCUT2D eigenvalue weighted by molar-refractivity contribution is -0.869. The Bertz CT molecular complexity index is 325. The minimum atomic E-state index is 0.929. The highest BCUT2D eigenvalue weighted by atomic mass is 15.3. The molecular weight excluding hydrogens is 172 g/mol. The lowest BCUT2D eigenvalue weighted by Crippen LogP contribution is -2.34. The maximum absolute atomic E-state index is 4.01. The number of hydrogen-bond acceptors (Lipinski definition) is 1. The molecule has 1 heterocycles. The lowest BCUT2D eigenvalue weighted by atomic mass is 10.3. The zero-order valence-corrected chi connectivity index (χ0v) is 9.12. The fourth-order valence-corrected chi connectivity index (χ4v) is 0.993. The van der Waals surface area contributed by atoms with Crippen LogP contribution < -0.4 is 0 Å². The third kappa shape index (κ3) is 4.64. The molecule has 0 spiro atoms. The molecule has 2 nitrogen and oxygen atoms in total. The van der Waals surface area contributed by atoms with Gasteiger partial charge in [-0.25, -0.2) is 0 Å². The summed E-state index contributed by atoms with van der Waals surface area (Å²) in [6.45, 7) is 1.08. The van der Waals surface area contributed by atoms with E-state index in [1.165, 1.54) is 0 Å². The van der Waals surface area contributed by atoms with Crippen molar-refractivity contribution in [3.63, 3.8) is 0 Å². The largest absolute Gasteiger partial charge is 0.330 e. The van der Waals surface area contributed by atoms with Crippen molar-refractivity contribution < 1.29 is 4.48 Å². The highest BCUT2D eigenvalue weighted by Crippen LogP contribution is 1.94. The molecule has 0 N–H and O–H groups in total. The summed E-state index contributed by atoms with van der Waals surface area (Å²) in [5.74, 6) is 6.25. The fraction of sp³-hybridized carbons (Fsp3) is 0.417. The van der Waals surface area contributed by atoms with Gasteiger partial charge < -0.3 is 4.48 Å². The predicted molar refractivity (Wildman–Crippen MR) is 58.6 cm³/mol. The molecule has 1 aromatic heterocycles. The van der Waals surface area contributed by atoms with Crippen molar-refractivity contribution >= 4 is 0 Å². The monoisotopic (exact) mass is 189 g/mol. The Kier molecular flexibility index (Phi) is 3.67. The van der Waals surface area contributed by atoms with Gasteiger partial charge in [0.05, 0.1) is 34.1 Å². The van der Waals surface area contributed by atoms with Crippen LogP contribution in [0.1, 0.15) is 12.0 Å². The summed E-state index contributed by atoms with van der Waals surface area (Å²) in [5, 5.41) is 0. The first kappa shape index (κ1) is 10.7. The van der Waals surface area contributed by atoms with Crippen LogP contribution in [0, 0.1) is 11.8 Å². The van der Waals surface area contributed by atoms with Gasteiger partial charge >= 0.3 is 0 Å². The SMILES string of the molecule is C[N+](C)(C)CCC#Cc1cccnc1. The molecule has 0 aliphatic rings. The van der Waals surface area contributed by atoms with Gasteiger partial charge in [-0.1, -0.05) is 11.8 Å². The molecule has 1 rings (SSSR count). The Hall–Kier alpha value is -1.33. The molecule has 74 valence electrons. The molecule has 0 radical (unpaired) electrons. The van der Waals surface area contributed by atoms with Crippen molar-refractivity contribution in [3.8, 4) is 11.8 Å². The van der Waals surface area contributed by atoms with Gasteiger partial charge in [0.2, 0.25) is 0 Å². The van der Waals surface area contributed by atoms with Crippen molar-refractivity contribution in [3.05, 3.63) is 30.1 Å². The Morgan fingerprint density at radius 2 is 2.14 bits per heavy atom. The van der Waals surface area contributed by atoms with Crippen LogP contribution in [-0.2, 0) is 0 Å². The summed E-state index contributed by atoms with van der Waals surface area (Å²) in [6, 6.07) is 3.88. The average Bonchev–Trinajstić information content (AvgIpc) is 2.13. The molecule has 0 fully saturated rings. The van der Waals surface area contributed by atoms with Crippen LogP contribution in [0.5, 0.6) is 0 Å². The Morgan fingerprint density at radius 3 is 2.71 bits per heavy atom. The van der Waals surface area contributed by atoms with E-state index in [1.54, 1.807) is 12.4 Å². The highest BCUT2D eigenvalue weighted by molar-refractivity contribution is 5.30. The summed E-state index contributed by atoms with van der Waals surface area (Å²) < 4.78 is 0.960. The first-order valence-corrected chi connectivity index (χ1v) is 4.77. The summed E-state index contributed by atoms with van der Waals surface area (Å²) in [4.78, 5) is 4.01. The maximum Gasteiger partial charge on any atom is 0.0891 e. The molecule has 0 saturated heterocycles. The third-order valence-electron chi connectivity index (χ3n) is 1.80. The number of nitrogens with zero attached hydrogens (tertiary/aromatic N) is 2. The van der Waals surface area contributed by atoms with Crippen LogP contribution in [0.4, 0.5) is 0 Å². The van der Waals surface area contributed by atoms with Crippen molar-refractivity contribution in [2.24, 2.45) is 0 Å². The van der Waals surface area contributed by atoms with E-state index < -0.39 is 0 Å². The molecular formula is C12H17N2+. The quantitative estimate of drug-likeness (QED) is 0.508. The van der Waals surface area contributed by atoms with Crippen molar-refractivity contribution in [1.82, 2.24) is 4.98 Å². The van der Waals surface area contributed by atoms with E-state index in [4.69, 9.17) is 0 Å². The fourth-order valence-electron chi connectivity index (χ4n) is 0.993. The second kappa shape index (κ2) is 4.78. The zero-order chi connectivity index (χ0) is 10.4. The summed E-state index contributed by atoms with van der Waals surface area (Å²) >= 11 is 0. The number of hydrogen-bond donors (Lipinski definition) is 0. The number of pyridine rings is 1. The molecule has 0 saturated carbocycles. The first-order chi connectivity index (χ1) is 6.58. The smallest absolute Gasteiger partial charge is 0.0891 e. The Morgan fingerprint density at radius 1 is 1.36 bits per heavy atom. The van der Waals surface area contributed by atoms with Gasteiger partial charge in [-0.3, -0.25) is 4.98 Å². The van der Waals surface area contributed by atoms with Crippen LogP contribution in [-0.4, -0.2) is 37.2 Å². The molecule has 2 heteroatoms. The van der Waals surface area contributed by atoms with E-state index in [9.17, 15) is 0 Å². The number of quaternary nitrogens is 1. The van der Waals surface area contributed by atoms with Crippen molar-refractivity contribution in [2.75, 3.05) is 27.7 Å². The van der Waals surface area contributed by atoms with E-state index in [0.29, 0.717) is 0 Å². The molecule has 0 aliphatic carbocycles. The van der Waals surface area contributed by atoms with Gasteiger partial charge in [0.15, 0.2) is 0 Å². The van der Waals surface area contributed by atoms with E-state index in [1.807, 2.05) is 12.1 Å². The first-order valence-electron chi connectivity index (χ1n) is 4.77. The zero-order valence-electron chi connectivity index (χ0n) is 9.12. The summed E-state index contributed by atoms with van der Waals surface area (Å²) in [6.07, 6.45) is 4.48. The molecule has 0 amide bonds. The third-order valence-corrected chi connectivity index (χ3v) is 1.80. The number of rotatable bonds is 2. The minimum absolute atomic E-state index is 0.929. The van der Waals surface area contributed by atoms with Gasteiger partial charge in [0.25, 0.3) is 0 Å². The molecule has 1 aromatic rings. The molecule has 14 heavy (non-hydrogen) atoms. The van der Waals surface area contributed by atoms with Crippen LogP contribution in [0.25, 0.3) is 0 Å². The second-order valence-electron chi connectivity index (χ2n) is 4.31. The molecule has 0 bridgehead atoms. The van der Waals surface area contributed by atoms with E-state index in [2.05, 4.69) is 38.0 Å². The predicted octanol–water partition coefficient (Wildman–Crippen LogP) is 1.53. The summed E-state index contributed by atoms with van der Waals surface area (Å²) in [7, 11) is 6.52. The number of aromatic nitrogens is 1. The minimum Gasteiger partial charge on any atom is -0.330 e. The highest BCUT2D eigenvalue weighted by Gasteiger charge is 2.03. The Labute approximate surface area is 86.2 Å². The van der Waals surface area contributed by atoms with Crippen molar-refractivity contribution in [2.45, 2.75) is 6.42 Å². The molecule has 0 aromatic carbocycles. The topological polar surface area (TPSA) is 12.9 Å². The van der Waals surface area contributed by atoms with Crippen LogP contribution in [0.2, 0.25) is 0 Å². The van der Waals surface area contributed by atoms with E-state index in [0.717, 1.165) is 23.0 Å². The van der Waals surface area contributed by atoms with Gasteiger partial charge in [-0.05, 0) is 12.1 Å². The maximum atomic E-state index is 4.01. The van der Waals surface area contributed by atoms with Crippen LogP contribution in [0.3, 0.4) is 0 Å². The summed E-state index contributed by atoms with van der Waals surface area (Å²) in [5.41, 5.74) is 0.994. The van der Waals surface area contributed by atoms with Gasteiger partial charge in [-0.15, -0.1) is 0 Å². The van der Waals surface area contributed by atoms with E-state index in [-0.39, 0.29) is 0 Å². The van der Waals surface area contributed by atoms with Crippen LogP contribution in [0.15, 0.2) is 24.5 Å². The van der Waals surface area contributed by atoms with Gasteiger partial charge in [0, 0.05) is 18.0 Å². The lowest BCUT2D eigenvalue weighted by Gasteiger charge is -2.22. The van der Waals surface area contributed by atoms with Gasteiger partial charge in [0.1, 0.15) is 0 Å². The molecule has 0 aliphatic heterocycles. The van der Waals surface area contributed by atoms with Crippen molar-refractivity contribution in [1.29, 1.82) is 0 Å². The normalized spacial score (nSPS) is 10.5. The Balaban J connectivity index is 2.42. The molecule has 0 unspecified atom stereocenters. The van der Waals surface area contributed by atoms with E-state index >= 15 is 0 Å². The second-order valence-corrected chi connectivity index (χ2v) is 4.31. The van der Waals surface area contributed by atoms with Gasteiger partial charge in [-0.2, -0.15) is 0 Å². The molecule has 0 atom stereocenters. The standard InChI is InChI=1S/C12H17N2/c1-14(2,3)10-5-4-7-12-8-6-9-13-11-12/h6,8-9,11H,5,10H2,1-3H3/q+1.